The molecule has 8 nitrogen and oxygen atoms in total. The number of pyridine rings is 2. The van der Waals surface area contributed by atoms with Crippen molar-refractivity contribution >= 4 is 28.3 Å². The monoisotopic (exact) mass is 430 g/mol. The van der Waals surface area contributed by atoms with Gasteiger partial charge in [0, 0.05) is 30.0 Å². The molecule has 5 heterocycles. The van der Waals surface area contributed by atoms with Crippen molar-refractivity contribution in [1.29, 1.82) is 0 Å². The Labute approximate surface area is 181 Å². The second-order valence-electron chi connectivity index (χ2n) is 7.07. The summed E-state index contributed by atoms with van der Waals surface area (Å²) >= 11 is 1.62. The average molecular weight is 430 g/mol. The number of nitrogens with zero attached hydrogens (tertiary/aromatic N) is 5. The molecule has 0 spiro atoms. The van der Waals surface area contributed by atoms with Crippen molar-refractivity contribution in [3.05, 3.63) is 76.7 Å². The van der Waals surface area contributed by atoms with E-state index < -0.39 is 0 Å². The van der Waals surface area contributed by atoms with Crippen molar-refractivity contribution in [2.45, 2.75) is 20.4 Å². The first-order valence-electron chi connectivity index (χ1n) is 9.65. The third-order valence-corrected chi connectivity index (χ3v) is 5.88. The van der Waals surface area contributed by atoms with Crippen molar-refractivity contribution in [2.75, 3.05) is 0 Å². The second kappa shape index (κ2) is 7.77. The van der Waals surface area contributed by atoms with Crippen LogP contribution in [0.25, 0.3) is 27.5 Å². The number of rotatable bonds is 5. The van der Waals surface area contributed by atoms with E-state index in [2.05, 4.69) is 25.5 Å². The number of carbonyl (C=O) groups is 1. The lowest BCUT2D eigenvalue weighted by Gasteiger charge is -2.09. The van der Waals surface area contributed by atoms with Crippen LogP contribution in [0.3, 0.4) is 0 Å². The molecule has 9 heteroatoms. The maximum Gasteiger partial charge on any atom is 0.259 e. The molecule has 5 aromatic rings. The molecule has 0 atom stereocenters. The Kier molecular flexibility index (Phi) is 4.79. The normalized spacial score (nSPS) is 11.2. The summed E-state index contributed by atoms with van der Waals surface area (Å²) in [6.45, 7) is 4.18. The summed E-state index contributed by atoms with van der Waals surface area (Å²) in [5.41, 5.74) is 3.08. The first-order chi connectivity index (χ1) is 15.1. The predicted octanol–water partition coefficient (Wildman–Crippen LogP) is 4.08. The van der Waals surface area contributed by atoms with Gasteiger partial charge >= 0.3 is 0 Å². The van der Waals surface area contributed by atoms with Gasteiger partial charge in [-0.1, -0.05) is 5.16 Å². The summed E-state index contributed by atoms with van der Waals surface area (Å²) in [7, 11) is 0. The van der Waals surface area contributed by atoms with E-state index in [-0.39, 0.29) is 5.91 Å². The number of amides is 1. The Morgan fingerprint density at radius 3 is 2.87 bits per heavy atom. The smallest absolute Gasteiger partial charge is 0.259 e. The van der Waals surface area contributed by atoms with Crippen LogP contribution in [0.1, 0.15) is 26.5 Å². The number of nitrogens with one attached hydrogen (secondary N) is 1. The largest absolute Gasteiger partial charge is 0.348 e. The molecule has 0 unspecified atom stereocenters. The first kappa shape index (κ1) is 19.1. The highest BCUT2D eigenvalue weighted by Gasteiger charge is 2.20. The molecule has 0 aromatic carbocycles. The van der Waals surface area contributed by atoms with Gasteiger partial charge in [-0.25, -0.2) is 14.6 Å². The molecule has 0 aliphatic heterocycles. The minimum atomic E-state index is -0.217. The Balaban J connectivity index is 1.44. The molecular formula is C22H18N6O2S. The third kappa shape index (κ3) is 3.71. The first-order valence-corrected chi connectivity index (χ1v) is 10.5. The van der Waals surface area contributed by atoms with Gasteiger partial charge in [-0.15, -0.1) is 11.3 Å². The molecule has 1 amide bonds. The van der Waals surface area contributed by atoms with Crippen molar-refractivity contribution in [3.63, 3.8) is 0 Å². The van der Waals surface area contributed by atoms with E-state index in [0.29, 0.717) is 40.4 Å². The van der Waals surface area contributed by atoms with Gasteiger partial charge in [-0.3, -0.25) is 4.79 Å². The summed E-state index contributed by atoms with van der Waals surface area (Å²) in [5.74, 6) is 0.471. The number of aromatic nitrogens is 5. The van der Waals surface area contributed by atoms with Crippen LogP contribution in [0.15, 0.2) is 59.5 Å². The molecule has 5 aromatic heterocycles. The van der Waals surface area contributed by atoms with Gasteiger partial charge in [-0.05, 0) is 55.8 Å². The zero-order chi connectivity index (χ0) is 21.4. The Bertz CT molecular complexity index is 1390. The summed E-state index contributed by atoms with van der Waals surface area (Å²) in [4.78, 5) is 24.2. The van der Waals surface area contributed by atoms with E-state index in [0.717, 1.165) is 10.4 Å². The number of carbonyl (C=O) groups excluding carboxylic acids is 1. The zero-order valence-corrected chi connectivity index (χ0v) is 17.7. The maximum absolute atomic E-state index is 13.1. The van der Waals surface area contributed by atoms with E-state index >= 15 is 0 Å². The lowest BCUT2D eigenvalue weighted by atomic mass is 10.1. The van der Waals surface area contributed by atoms with Crippen LogP contribution >= 0.6 is 11.3 Å². The lowest BCUT2D eigenvalue weighted by Crippen LogP contribution is -2.23. The number of aryl methyl sites for hydroxylation is 2. The third-order valence-electron chi connectivity index (χ3n) is 4.86. The van der Waals surface area contributed by atoms with E-state index in [1.165, 1.54) is 4.88 Å². The lowest BCUT2D eigenvalue weighted by molar-refractivity contribution is 0.0952. The highest BCUT2D eigenvalue weighted by atomic mass is 32.1. The molecule has 1 N–H and O–H groups in total. The van der Waals surface area contributed by atoms with Crippen LogP contribution in [-0.4, -0.2) is 30.8 Å². The zero-order valence-electron chi connectivity index (χ0n) is 16.9. The topological polar surface area (TPSA) is 98.7 Å². The molecule has 0 saturated heterocycles. The number of fused-ring (bicyclic) bond motifs is 1. The van der Waals surface area contributed by atoms with E-state index in [1.54, 1.807) is 41.4 Å². The fraction of sp³-hybridized carbons (Fsp3) is 0.136. The van der Waals surface area contributed by atoms with Gasteiger partial charge in [-0.2, -0.15) is 5.10 Å². The van der Waals surface area contributed by atoms with Crippen molar-refractivity contribution in [1.82, 2.24) is 30.2 Å². The van der Waals surface area contributed by atoms with Crippen LogP contribution in [-0.2, 0) is 6.54 Å². The molecule has 5 rings (SSSR count). The number of thiophene rings is 1. The Hall–Kier alpha value is -3.85. The molecular weight excluding hydrogens is 412 g/mol. The summed E-state index contributed by atoms with van der Waals surface area (Å²) < 4.78 is 7.05. The van der Waals surface area contributed by atoms with Crippen LogP contribution in [0.4, 0.5) is 0 Å². The molecule has 0 radical (unpaired) electrons. The van der Waals surface area contributed by atoms with Crippen molar-refractivity contribution < 1.29 is 9.32 Å². The maximum atomic E-state index is 13.1. The van der Waals surface area contributed by atoms with E-state index in [4.69, 9.17) is 4.52 Å². The highest BCUT2D eigenvalue weighted by molar-refractivity contribution is 7.15. The van der Waals surface area contributed by atoms with E-state index in [1.807, 2.05) is 43.5 Å². The molecule has 154 valence electrons. The molecule has 0 aliphatic carbocycles. The second-order valence-corrected chi connectivity index (χ2v) is 8.36. The van der Waals surface area contributed by atoms with Crippen molar-refractivity contribution in [2.24, 2.45) is 0 Å². The minimum absolute atomic E-state index is 0.217. The van der Waals surface area contributed by atoms with Gasteiger partial charge < -0.3 is 9.84 Å². The van der Waals surface area contributed by atoms with E-state index in [9.17, 15) is 4.79 Å². The standard InChI is InChI=1S/C22H18N6O2S/c1-13-4-5-18(31-13)17-11-16(20-14(2)27-30-22(20)26-17)21(29)24-12-15-6-8-23-19(10-15)28-9-3-7-25-28/h3-11H,12H2,1-2H3,(H,24,29). The van der Waals surface area contributed by atoms with Crippen LogP contribution in [0, 0.1) is 13.8 Å². The fourth-order valence-electron chi connectivity index (χ4n) is 3.35. The number of hydrogen-bond donors (Lipinski definition) is 1. The van der Waals surface area contributed by atoms with Crippen molar-refractivity contribution in [3.8, 4) is 16.4 Å². The molecule has 0 aliphatic rings. The van der Waals surface area contributed by atoms with Gasteiger partial charge in [0.2, 0.25) is 0 Å². The van der Waals surface area contributed by atoms with Gasteiger partial charge in [0.25, 0.3) is 11.6 Å². The summed E-state index contributed by atoms with van der Waals surface area (Å²) in [6, 6.07) is 11.4. The Morgan fingerprint density at radius 2 is 2.10 bits per heavy atom. The number of hydrogen-bond acceptors (Lipinski definition) is 7. The SMILES string of the molecule is Cc1ccc(-c2cc(C(=O)NCc3ccnc(-n4cccn4)c3)c3c(C)noc3n2)s1. The quantitative estimate of drug-likeness (QED) is 0.451. The molecule has 0 saturated carbocycles. The van der Waals surface area contributed by atoms with Crippen LogP contribution in [0.2, 0.25) is 0 Å². The van der Waals surface area contributed by atoms with Gasteiger partial charge in [0.05, 0.1) is 27.2 Å². The molecule has 0 fully saturated rings. The summed E-state index contributed by atoms with van der Waals surface area (Å²) in [5, 5.41) is 11.8. The Morgan fingerprint density at radius 1 is 1.19 bits per heavy atom. The minimum Gasteiger partial charge on any atom is -0.348 e. The van der Waals surface area contributed by atoms with Crippen LogP contribution < -0.4 is 5.32 Å². The average Bonchev–Trinajstić information content (AvgIpc) is 3.54. The molecule has 0 bridgehead atoms. The van der Waals surface area contributed by atoms with Crippen LogP contribution in [0.5, 0.6) is 0 Å². The summed E-state index contributed by atoms with van der Waals surface area (Å²) in [6.07, 6.45) is 5.21. The van der Waals surface area contributed by atoms with Gasteiger partial charge in [0.15, 0.2) is 5.82 Å². The highest BCUT2D eigenvalue weighted by Crippen LogP contribution is 2.31. The van der Waals surface area contributed by atoms with Gasteiger partial charge in [0.1, 0.15) is 0 Å². The fourth-order valence-corrected chi connectivity index (χ4v) is 4.18. The predicted molar refractivity (Wildman–Crippen MR) is 117 cm³/mol. The molecule has 31 heavy (non-hydrogen) atoms.